The number of fused-ring (bicyclic) bond motifs is 1. The molecule has 17 heavy (non-hydrogen) atoms. The summed E-state index contributed by atoms with van der Waals surface area (Å²) in [7, 11) is 1.59. The number of aromatic carboxylic acids is 1. The van der Waals surface area contributed by atoms with Gasteiger partial charge in [0, 0.05) is 10.9 Å². The molecule has 90 valence electrons. The highest BCUT2D eigenvalue weighted by Crippen LogP contribution is 2.33. The summed E-state index contributed by atoms with van der Waals surface area (Å²) >= 11 is 3.38. The van der Waals surface area contributed by atoms with Gasteiger partial charge in [-0.1, -0.05) is 6.92 Å². The first-order chi connectivity index (χ1) is 8.08. The fourth-order valence-electron chi connectivity index (χ4n) is 1.96. The number of ether oxygens (including phenoxy) is 1. The number of aromatic nitrogens is 1. The Balaban J connectivity index is 2.78. The van der Waals surface area contributed by atoms with E-state index in [1.165, 1.54) is 0 Å². The average Bonchev–Trinajstić information content (AvgIpc) is 2.65. The maximum atomic E-state index is 11.1. The Labute approximate surface area is 107 Å². The van der Waals surface area contributed by atoms with Crippen molar-refractivity contribution in [2.45, 2.75) is 13.3 Å². The Bertz CT molecular complexity index is 589. The fourth-order valence-corrected chi connectivity index (χ4v) is 2.46. The maximum absolute atomic E-state index is 11.1. The standard InChI is InChI=1S/C12H12BrNO3/c1-3-6-7-4-10(17-2)8(13)5-9(7)14-11(6)12(15)16/h4-5,14H,3H2,1-2H3,(H,15,16). The molecule has 0 spiro atoms. The number of hydrogen-bond acceptors (Lipinski definition) is 2. The summed E-state index contributed by atoms with van der Waals surface area (Å²) in [5.41, 5.74) is 1.85. The van der Waals surface area contributed by atoms with Gasteiger partial charge in [-0.25, -0.2) is 4.79 Å². The smallest absolute Gasteiger partial charge is 0.352 e. The van der Waals surface area contributed by atoms with Gasteiger partial charge in [-0.05, 0) is 40.0 Å². The topological polar surface area (TPSA) is 62.3 Å². The molecule has 0 amide bonds. The molecule has 4 nitrogen and oxygen atoms in total. The molecular formula is C12H12BrNO3. The van der Waals surface area contributed by atoms with Gasteiger partial charge >= 0.3 is 5.97 Å². The van der Waals surface area contributed by atoms with Crippen LogP contribution >= 0.6 is 15.9 Å². The van der Waals surface area contributed by atoms with Gasteiger partial charge in [0.15, 0.2) is 0 Å². The van der Waals surface area contributed by atoms with Gasteiger partial charge in [0.2, 0.25) is 0 Å². The summed E-state index contributed by atoms with van der Waals surface area (Å²) in [6.07, 6.45) is 0.659. The zero-order valence-electron chi connectivity index (χ0n) is 9.50. The van der Waals surface area contributed by atoms with Gasteiger partial charge in [-0.15, -0.1) is 0 Å². The van der Waals surface area contributed by atoms with Gasteiger partial charge in [-0.3, -0.25) is 0 Å². The maximum Gasteiger partial charge on any atom is 0.352 e. The minimum Gasteiger partial charge on any atom is -0.496 e. The molecule has 2 N–H and O–H groups in total. The first-order valence-corrected chi connectivity index (χ1v) is 5.99. The predicted octanol–water partition coefficient (Wildman–Crippen LogP) is 3.20. The van der Waals surface area contributed by atoms with Crippen LogP contribution in [0.4, 0.5) is 0 Å². The van der Waals surface area contributed by atoms with Gasteiger partial charge in [0.25, 0.3) is 0 Å². The number of benzene rings is 1. The third kappa shape index (κ3) is 1.91. The minimum absolute atomic E-state index is 0.252. The molecule has 0 unspecified atom stereocenters. The Kier molecular flexibility index (Phi) is 3.11. The minimum atomic E-state index is -0.937. The van der Waals surface area contributed by atoms with Crippen LogP contribution in [0, 0.1) is 0 Å². The van der Waals surface area contributed by atoms with Gasteiger partial charge in [0.05, 0.1) is 11.6 Å². The second-order valence-corrected chi connectivity index (χ2v) is 4.52. The van der Waals surface area contributed by atoms with E-state index in [1.807, 2.05) is 19.1 Å². The Hall–Kier alpha value is -1.49. The Morgan fingerprint density at radius 2 is 2.24 bits per heavy atom. The molecule has 1 aromatic carbocycles. The van der Waals surface area contributed by atoms with E-state index in [4.69, 9.17) is 9.84 Å². The summed E-state index contributed by atoms with van der Waals surface area (Å²) in [6, 6.07) is 3.68. The number of carboxylic acid groups (broad SMARTS) is 1. The first kappa shape index (κ1) is 12.0. The van der Waals surface area contributed by atoms with Crippen LogP contribution < -0.4 is 4.74 Å². The van der Waals surface area contributed by atoms with E-state index in [1.54, 1.807) is 7.11 Å². The number of aromatic amines is 1. The van der Waals surface area contributed by atoms with Crippen molar-refractivity contribution in [3.8, 4) is 5.75 Å². The van der Waals surface area contributed by atoms with E-state index in [9.17, 15) is 4.79 Å². The second-order valence-electron chi connectivity index (χ2n) is 3.67. The second kappa shape index (κ2) is 4.41. The number of hydrogen-bond donors (Lipinski definition) is 2. The van der Waals surface area contributed by atoms with E-state index in [2.05, 4.69) is 20.9 Å². The lowest BCUT2D eigenvalue weighted by molar-refractivity contribution is 0.0690. The first-order valence-electron chi connectivity index (χ1n) is 5.19. The summed E-state index contributed by atoms with van der Waals surface area (Å²) in [5.74, 6) is -0.240. The number of rotatable bonds is 3. The van der Waals surface area contributed by atoms with Crippen molar-refractivity contribution in [3.63, 3.8) is 0 Å². The lowest BCUT2D eigenvalue weighted by Crippen LogP contribution is -2.00. The Morgan fingerprint density at radius 3 is 2.76 bits per heavy atom. The summed E-state index contributed by atoms with van der Waals surface area (Å²) in [5, 5.41) is 10.0. The van der Waals surface area contributed by atoms with Crippen molar-refractivity contribution in [1.82, 2.24) is 4.98 Å². The summed E-state index contributed by atoms with van der Waals surface area (Å²) in [4.78, 5) is 14.0. The van der Waals surface area contributed by atoms with Crippen LogP contribution in [0.5, 0.6) is 5.75 Å². The molecule has 2 rings (SSSR count). The van der Waals surface area contributed by atoms with E-state index in [0.717, 1.165) is 20.9 Å². The van der Waals surface area contributed by atoms with Crippen molar-refractivity contribution in [2.24, 2.45) is 0 Å². The molecule has 0 fully saturated rings. The number of methoxy groups -OCH3 is 1. The van der Waals surface area contributed by atoms with Gasteiger partial charge in [0.1, 0.15) is 11.4 Å². The molecule has 1 aromatic heterocycles. The SMILES string of the molecule is CCc1c(C(=O)O)[nH]c2cc(Br)c(OC)cc12. The van der Waals surface area contributed by atoms with E-state index < -0.39 is 5.97 Å². The lowest BCUT2D eigenvalue weighted by atomic mass is 10.1. The average molecular weight is 298 g/mol. The van der Waals surface area contributed by atoms with E-state index >= 15 is 0 Å². The van der Waals surface area contributed by atoms with Crippen LogP contribution in [0.3, 0.4) is 0 Å². The highest BCUT2D eigenvalue weighted by Gasteiger charge is 2.17. The van der Waals surface area contributed by atoms with Gasteiger partial charge in [-0.2, -0.15) is 0 Å². The van der Waals surface area contributed by atoms with Crippen molar-refractivity contribution >= 4 is 32.8 Å². The summed E-state index contributed by atoms with van der Waals surface area (Å²) in [6.45, 7) is 1.93. The molecule has 0 saturated heterocycles. The summed E-state index contributed by atoms with van der Waals surface area (Å²) < 4.78 is 6.01. The van der Waals surface area contributed by atoms with E-state index in [-0.39, 0.29) is 5.69 Å². The lowest BCUT2D eigenvalue weighted by Gasteiger charge is -2.03. The molecule has 0 aliphatic carbocycles. The number of aryl methyl sites for hydroxylation is 1. The molecule has 0 saturated carbocycles. The van der Waals surface area contributed by atoms with Crippen LogP contribution in [-0.4, -0.2) is 23.2 Å². The highest BCUT2D eigenvalue weighted by molar-refractivity contribution is 9.10. The molecule has 0 radical (unpaired) electrons. The van der Waals surface area contributed by atoms with Crippen molar-refractivity contribution < 1.29 is 14.6 Å². The molecular weight excluding hydrogens is 286 g/mol. The fraction of sp³-hybridized carbons (Fsp3) is 0.250. The van der Waals surface area contributed by atoms with Crippen molar-refractivity contribution in [3.05, 3.63) is 27.9 Å². The number of H-pyrrole nitrogens is 1. The van der Waals surface area contributed by atoms with Crippen molar-refractivity contribution in [2.75, 3.05) is 7.11 Å². The van der Waals surface area contributed by atoms with E-state index in [0.29, 0.717) is 12.2 Å². The molecule has 0 aliphatic heterocycles. The van der Waals surface area contributed by atoms with Crippen LogP contribution in [0.1, 0.15) is 23.0 Å². The molecule has 5 heteroatoms. The highest BCUT2D eigenvalue weighted by atomic mass is 79.9. The molecule has 2 aromatic rings. The largest absolute Gasteiger partial charge is 0.496 e. The number of halogens is 1. The zero-order chi connectivity index (χ0) is 12.6. The quantitative estimate of drug-likeness (QED) is 0.914. The normalized spacial score (nSPS) is 10.8. The molecule has 0 bridgehead atoms. The number of carbonyl (C=O) groups is 1. The number of carboxylic acids is 1. The Morgan fingerprint density at radius 1 is 1.53 bits per heavy atom. The zero-order valence-corrected chi connectivity index (χ0v) is 11.1. The monoisotopic (exact) mass is 297 g/mol. The molecule has 0 aliphatic rings. The van der Waals surface area contributed by atoms with Crippen LogP contribution in [0.2, 0.25) is 0 Å². The predicted molar refractivity (Wildman–Crippen MR) is 68.9 cm³/mol. The molecule has 1 heterocycles. The molecule has 0 atom stereocenters. The van der Waals surface area contributed by atoms with Crippen LogP contribution in [0.25, 0.3) is 10.9 Å². The van der Waals surface area contributed by atoms with Crippen LogP contribution in [-0.2, 0) is 6.42 Å². The van der Waals surface area contributed by atoms with Crippen molar-refractivity contribution in [1.29, 1.82) is 0 Å². The van der Waals surface area contributed by atoms with Gasteiger partial charge < -0.3 is 14.8 Å². The van der Waals surface area contributed by atoms with Crippen LogP contribution in [0.15, 0.2) is 16.6 Å². The third-order valence-electron chi connectivity index (χ3n) is 2.75. The number of nitrogens with one attached hydrogen (secondary N) is 1. The third-order valence-corrected chi connectivity index (χ3v) is 3.37.